The van der Waals surface area contributed by atoms with Crippen LogP contribution in [-0.4, -0.2) is 36.5 Å². The van der Waals surface area contributed by atoms with Gasteiger partial charge in [-0.1, -0.05) is 13.0 Å². The Hall–Kier alpha value is -0.480. The van der Waals surface area contributed by atoms with Crippen molar-refractivity contribution >= 4 is 17.7 Å². The largest absolute Gasteiger partial charge is 0.351 e. The number of carbonyl (C=O) groups is 1. The van der Waals surface area contributed by atoms with Crippen LogP contribution in [0.3, 0.4) is 0 Å². The molecule has 3 nitrogen and oxygen atoms in total. The van der Waals surface area contributed by atoms with Gasteiger partial charge < -0.3 is 10.6 Å². The third kappa shape index (κ3) is 6.57. The molecule has 15 heavy (non-hydrogen) atoms. The molecule has 0 saturated carbocycles. The fraction of sp³-hybridized carbons (Fsp3) is 0.727. The third-order valence-corrected chi connectivity index (χ3v) is 2.90. The van der Waals surface area contributed by atoms with Crippen LogP contribution in [0.25, 0.3) is 0 Å². The van der Waals surface area contributed by atoms with Crippen LogP contribution < -0.4 is 10.6 Å². The lowest BCUT2D eigenvalue weighted by atomic mass is 10.2. The molecule has 0 aromatic rings. The van der Waals surface area contributed by atoms with Gasteiger partial charge in [-0.3, -0.25) is 4.79 Å². The molecular formula is C11H22N2OS. The molecule has 4 heteroatoms. The van der Waals surface area contributed by atoms with Gasteiger partial charge in [-0.25, -0.2) is 0 Å². The molecule has 1 amide bonds. The average molecular weight is 230 g/mol. The van der Waals surface area contributed by atoms with E-state index in [0.717, 1.165) is 12.2 Å². The summed E-state index contributed by atoms with van der Waals surface area (Å²) >= 11 is 1.80. The summed E-state index contributed by atoms with van der Waals surface area (Å²) < 4.78 is 0. The van der Waals surface area contributed by atoms with Crippen molar-refractivity contribution in [2.75, 3.05) is 18.6 Å². The van der Waals surface area contributed by atoms with Gasteiger partial charge in [0.05, 0.1) is 6.04 Å². The molecule has 2 atom stereocenters. The topological polar surface area (TPSA) is 41.1 Å². The number of hydrogen-bond acceptors (Lipinski definition) is 3. The molecule has 0 aromatic carbocycles. The van der Waals surface area contributed by atoms with E-state index in [0.29, 0.717) is 12.6 Å². The van der Waals surface area contributed by atoms with Crippen LogP contribution in [0.1, 0.15) is 20.3 Å². The Kier molecular flexibility index (Phi) is 8.52. The van der Waals surface area contributed by atoms with Crippen LogP contribution in [-0.2, 0) is 4.79 Å². The van der Waals surface area contributed by atoms with E-state index < -0.39 is 0 Å². The summed E-state index contributed by atoms with van der Waals surface area (Å²) in [6.07, 6.45) is 4.80. The van der Waals surface area contributed by atoms with Gasteiger partial charge >= 0.3 is 0 Å². The number of rotatable bonds is 8. The molecule has 0 aliphatic heterocycles. The van der Waals surface area contributed by atoms with E-state index >= 15 is 0 Å². The maximum absolute atomic E-state index is 11.5. The van der Waals surface area contributed by atoms with Gasteiger partial charge in [0.1, 0.15) is 0 Å². The number of carbonyl (C=O) groups excluding carboxylic acids is 1. The number of hydrogen-bond donors (Lipinski definition) is 2. The molecule has 0 aliphatic carbocycles. The number of nitrogens with one attached hydrogen (secondary N) is 2. The zero-order valence-corrected chi connectivity index (χ0v) is 10.7. The summed E-state index contributed by atoms with van der Waals surface area (Å²) in [6.45, 7) is 8.11. The summed E-state index contributed by atoms with van der Waals surface area (Å²) in [4.78, 5) is 11.5. The van der Waals surface area contributed by atoms with Crippen molar-refractivity contribution in [3.63, 3.8) is 0 Å². The van der Waals surface area contributed by atoms with Crippen LogP contribution in [0.5, 0.6) is 0 Å². The molecule has 0 heterocycles. The fourth-order valence-electron chi connectivity index (χ4n) is 1.24. The molecule has 0 radical (unpaired) electrons. The monoisotopic (exact) mass is 230 g/mol. The predicted molar refractivity (Wildman–Crippen MR) is 68.3 cm³/mol. The van der Waals surface area contributed by atoms with Gasteiger partial charge in [-0.05, 0) is 19.6 Å². The van der Waals surface area contributed by atoms with Gasteiger partial charge in [0.2, 0.25) is 5.91 Å². The second-order valence-corrected chi connectivity index (χ2v) is 4.39. The minimum Gasteiger partial charge on any atom is -0.351 e. The summed E-state index contributed by atoms with van der Waals surface area (Å²) in [5, 5.41) is 6.09. The van der Waals surface area contributed by atoms with Gasteiger partial charge in [-0.2, -0.15) is 11.8 Å². The number of amides is 1. The average Bonchev–Trinajstić information content (AvgIpc) is 2.24. The first-order valence-electron chi connectivity index (χ1n) is 5.29. The van der Waals surface area contributed by atoms with Crippen molar-refractivity contribution < 1.29 is 4.79 Å². The van der Waals surface area contributed by atoms with E-state index in [1.54, 1.807) is 17.8 Å². The molecule has 2 N–H and O–H groups in total. The lowest BCUT2D eigenvalue weighted by Crippen LogP contribution is -2.47. The van der Waals surface area contributed by atoms with Gasteiger partial charge in [-0.15, -0.1) is 6.58 Å². The lowest BCUT2D eigenvalue weighted by molar-refractivity contribution is -0.122. The SMILES string of the molecule is C=CCNC(=O)C(C)NC(CC)CSC. The van der Waals surface area contributed by atoms with Gasteiger partial charge in [0.15, 0.2) is 0 Å². The first-order chi connectivity index (χ1) is 7.15. The van der Waals surface area contributed by atoms with Crippen molar-refractivity contribution in [3.8, 4) is 0 Å². The van der Waals surface area contributed by atoms with Crippen molar-refractivity contribution in [1.29, 1.82) is 0 Å². The standard InChI is InChI=1S/C11H22N2OS/c1-5-7-12-11(14)9(3)13-10(6-2)8-15-4/h5,9-10,13H,1,6-8H2,2-4H3,(H,12,14). The van der Waals surface area contributed by atoms with E-state index in [9.17, 15) is 4.79 Å². The summed E-state index contributed by atoms with van der Waals surface area (Å²) in [6, 6.07) is 0.270. The zero-order valence-electron chi connectivity index (χ0n) is 9.88. The summed E-state index contributed by atoms with van der Waals surface area (Å²) in [5.41, 5.74) is 0. The Bertz CT molecular complexity index is 197. The van der Waals surface area contributed by atoms with Crippen molar-refractivity contribution in [1.82, 2.24) is 10.6 Å². The Morgan fingerprint density at radius 1 is 1.60 bits per heavy atom. The third-order valence-electron chi connectivity index (χ3n) is 2.16. The normalized spacial score (nSPS) is 14.3. The number of thioether (sulfide) groups is 1. The molecule has 2 unspecified atom stereocenters. The second-order valence-electron chi connectivity index (χ2n) is 3.48. The van der Waals surface area contributed by atoms with E-state index in [-0.39, 0.29) is 11.9 Å². The highest BCUT2D eigenvalue weighted by Crippen LogP contribution is 2.02. The molecular weight excluding hydrogens is 208 g/mol. The van der Waals surface area contributed by atoms with Crippen LogP contribution >= 0.6 is 11.8 Å². The maximum Gasteiger partial charge on any atom is 0.237 e. The van der Waals surface area contributed by atoms with Crippen molar-refractivity contribution in [2.24, 2.45) is 0 Å². The highest BCUT2D eigenvalue weighted by Gasteiger charge is 2.15. The molecule has 88 valence electrons. The molecule has 0 rings (SSSR count). The fourth-order valence-corrected chi connectivity index (χ4v) is 1.97. The first kappa shape index (κ1) is 14.5. The van der Waals surface area contributed by atoms with Gasteiger partial charge in [0.25, 0.3) is 0 Å². The summed E-state index contributed by atoms with van der Waals surface area (Å²) in [5.74, 6) is 1.07. The van der Waals surface area contributed by atoms with Crippen LogP contribution in [0, 0.1) is 0 Å². The predicted octanol–water partition coefficient (Wildman–Crippen LogP) is 1.41. The Balaban J connectivity index is 3.91. The minimum atomic E-state index is -0.137. The molecule has 0 aromatic heterocycles. The highest BCUT2D eigenvalue weighted by molar-refractivity contribution is 7.98. The minimum absolute atomic E-state index is 0.0365. The second kappa shape index (κ2) is 8.80. The Labute approximate surface area is 97.1 Å². The Morgan fingerprint density at radius 3 is 2.73 bits per heavy atom. The molecule has 0 bridgehead atoms. The molecule has 0 saturated heterocycles. The Morgan fingerprint density at radius 2 is 2.27 bits per heavy atom. The molecule has 0 aliphatic rings. The van der Waals surface area contributed by atoms with Crippen LogP contribution in [0.2, 0.25) is 0 Å². The molecule has 0 fully saturated rings. The molecule has 0 spiro atoms. The van der Waals surface area contributed by atoms with Crippen LogP contribution in [0.4, 0.5) is 0 Å². The van der Waals surface area contributed by atoms with Crippen molar-refractivity contribution in [2.45, 2.75) is 32.4 Å². The smallest absolute Gasteiger partial charge is 0.237 e. The zero-order chi connectivity index (χ0) is 11.7. The highest BCUT2D eigenvalue weighted by atomic mass is 32.2. The maximum atomic E-state index is 11.5. The first-order valence-corrected chi connectivity index (χ1v) is 6.68. The summed E-state index contributed by atoms with van der Waals surface area (Å²) in [7, 11) is 0. The van der Waals surface area contributed by atoms with Gasteiger partial charge in [0, 0.05) is 18.3 Å². The van der Waals surface area contributed by atoms with E-state index in [4.69, 9.17) is 0 Å². The quantitative estimate of drug-likeness (QED) is 0.619. The van der Waals surface area contributed by atoms with Crippen LogP contribution in [0.15, 0.2) is 12.7 Å². The van der Waals surface area contributed by atoms with E-state index in [1.165, 1.54) is 0 Å². The van der Waals surface area contributed by atoms with Crippen molar-refractivity contribution in [3.05, 3.63) is 12.7 Å². The lowest BCUT2D eigenvalue weighted by Gasteiger charge is -2.20. The van der Waals surface area contributed by atoms with E-state index in [1.807, 2.05) is 6.92 Å². The van der Waals surface area contributed by atoms with E-state index in [2.05, 4.69) is 30.4 Å².